The van der Waals surface area contributed by atoms with E-state index in [-0.39, 0.29) is 29.7 Å². The Hall–Kier alpha value is -3.36. The van der Waals surface area contributed by atoms with Crippen LogP contribution in [0.4, 0.5) is 4.79 Å². The lowest BCUT2D eigenvalue weighted by Gasteiger charge is -2.33. The van der Waals surface area contributed by atoms with Gasteiger partial charge in [0.15, 0.2) is 0 Å². The van der Waals surface area contributed by atoms with Gasteiger partial charge in [0, 0.05) is 37.1 Å². The first-order valence-corrected chi connectivity index (χ1v) is 10.4. The molecule has 1 aromatic heterocycles. The SMILES string of the molecule is CNC(=O)[C@H](CC1CCN(C(=O)Cc2ccc3[nH]c(=O)cc(C)c3c2)CC1)NC(=O)O. The van der Waals surface area contributed by atoms with E-state index in [0.29, 0.717) is 19.5 Å². The summed E-state index contributed by atoms with van der Waals surface area (Å²) in [5.41, 5.74) is 2.37. The monoisotopic (exact) mass is 428 g/mol. The van der Waals surface area contributed by atoms with E-state index in [1.807, 2.05) is 30.0 Å². The summed E-state index contributed by atoms with van der Waals surface area (Å²) in [6.45, 7) is 3.03. The van der Waals surface area contributed by atoms with Gasteiger partial charge < -0.3 is 25.6 Å². The zero-order chi connectivity index (χ0) is 22.5. The van der Waals surface area contributed by atoms with Crippen LogP contribution in [0.3, 0.4) is 0 Å². The van der Waals surface area contributed by atoms with Gasteiger partial charge in [0.1, 0.15) is 6.04 Å². The maximum Gasteiger partial charge on any atom is 0.405 e. The fraction of sp³-hybridized carbons (Fsp3) is 0.455. The standard InChI is InChI=1S/C22H28N4O5/c1-13-9-19(27)24-17-4-3-15(10-16(13)17)12-20(28)26-7-5-14(6-8-26)11-18(21(29)23-2)25-22(30)31/h3-4,9-10,14,18,25H,5-8,11-12H2,1-2H3,(H,23,29)(H,24,27)(H,30,31)/t18-/m0/s1. The van der Waals surface area contributed by atoms with E-state index in [1.165, 1.54) is 7.05 Å². The summed E-state index contributed by atoms with van der Waals surface area (Å²) < 4.78 is 0. The number of aryl methyl sites for hydroxylation is 1. The van der Waals surface area contributed by atoms with Gasteiger partial charge in [0.05, 0.1) is 6.42 Å². The summed E-state index contributed by atoms with van der Waals surface area (Å²) in [4.78, 5) is 51.9. The van der Waals surface area contributed by atoms with Crippen molar-refractivity contribution >= 4 is 28.8 Å². The molecule has 0 radical (unpaired) electrons. The molecule has 0 spiro atoms. The number of aromatic amines is 1. The second-order valence-electron chi connectivity index (χ2n) is 8.05. The second kappa shape index (κ2) is 9.63. The van der Waals surface area contributed by atoms with E-state index in [2.05, 4.69) is 15.6 Å². The van der Waals surface area contributed by atoms with E-state index in [1.54, 1.807) is 6.07 Å². The molecule has 31 heavy (non-hydrogen) atoms. The van der Waals surface area contributed by atoms with Crippen LogP contribution in [0.15, 0.2) is 29.1 Å². The summed E-state index contributed by atoms with van der Waals surface area (Å²) in [6, 6.07) is 6.38. The van der Waals surface area contributed by atoms with Crippen LogP contribution < -0.4 is 16.2 Å². The van der Waals surface area contributed by atoms with Crippen molar-refractivity contribution in [1.29, 1.82) is 0 Å². The Kier molecular flexibility index (Phi) is 6.94. The zero-order valence-corrected chi connectivity index (χ0v) is 17.7. The van der Waals surface area contributed by atoms with E-state index < -0.39 is 12.1 Å². The van der Waals surface area contributed by atoms with Crippen molar-refractivity contribution in [1.82, 2.24) is 20.5 Å². The van der Waals surface area contributed by atoms with Crippen LogP contribution in [0.5, 0.6) is 0 Å². The number of carbonyl (C=O) groups is 3. The highest BCUT2D eigenvalue weighted by Gasteiger charge is 2.28. The molecule has 2 aromatic rings. The average molecular weight is 428 g/mol. The van der Waals surface area contributed by atoms with Crippen LogP contribution in [0.25, 0.3) is 10.9 Å². The van der Waals surface area contributed by atoms with Crippen LogP contribution in [0.1, 0.15) is 30.4 Å². The minimum atomic E-state index is -1.23. The number of likely N-dealkylation sites (tertiary alicyclic amines) is 1. The summed E-state index contributed by atoms with van der Waals surface area (Å²) in [5.74, 6) is -0.154. The predicted octanol–water partition coefficient (Wildman–Crippen LogP) is 1.39. The quantitative estimate of drug-likeness (QED) is 0.552. The number of amides is 3. The third-order valence-electron chi connectivity index (χ3n) is 5.87. The Labute approximate surface area is 179 Å². The van der Waals surface area contributed by atoms with Crippen LogP contribution in [-0.2, 0) is 16.0 Å². The van der Waals surface area contributed by atoms with Gasteiger partial charge in [-0.15, -0.1) is 0 Å². The van der Waals surface area contributed by atoms with Crippen LogP contribution in [0, 0.1) is 12.8 Å². The van der Waals surface area contributed by atoms with Gasteiger partial charge in [-0.3, -0.25) is 14.4 Å². The fourth-order valence-corrected chi connectivity index (χ4v) is 4.17. The number of pyridine rings is 1. The predicted molar refractivity (Wildman–Crippen MR) is 116 cm³/mol. The van der Waals surface area contributed by atoms with Gasteiger partial charge in [-0.1, -0.05) is 6.07 Å². The average Bonchev–Trinajstić information content (AvgIpc) is 2.73. The number of carbonyl (C=O) groups excluding carboxylic acids is 2. The van der Waals surface area contributed by atoms with Gasteiger partial charge in [0.25, 0.3) is 0 Å². The highest BCUT2D eigenvalue weighted by atomic mass is 16.4. The van der Waals surface area contributed by atoms with Crippen molar-refractivity contribution in [3.8, 4) is 0 Å². The Morgan fingerprint density at radius 3 is 2.58 bits per heavy atom. The van der Waals surface area contributed by atoms with Crippen LogP contribution in [0.2, 0.25) is 0 Å². The number of fused-ring (bicyclic) bond motifs is 1. The number of rotatable bonds is 6. The van der Waals surface area contributed by atoms with Gasteiger partial charge >= 0.3 is 6.09 Å². The fourth-order valence-electron chi connectivity index (χ4n) is 4.17. The number of likely N-dealkylation sites (N-methyl/N-ethyl adjacent to an activating group) is 1. The third kappa shape index (κ3) is 5.62. The number of nitrogens with one attached hydrogen (secondary N) is 3. The number of H-pyrrole nitrogens is 1. The number of hydrogen-bond acceptors (Lipinski definition) is 4. The molecule has 3 rings (SSSR count). The molecule has 1 fully saturated rings. The molecule has 0 bridgehead atoms. The maximum absolute atomic E-state index is 12.8. The molecule has 0 saturated carbocycles. The van der Waals surface area contributed by atoms with E-state index >= 15 is 0 Å². The number of aromatic nitrogens is 1. The van der Waals surface area contributed by atoms with Gasteiger partial charge in [-0.05, 0) is 55.4 Å². The molecule has 9 nitrogen and oxygen atoms in total. The lowest BCUT2D eigenvalue weighted by molar-refractivity contribution is -0.132. The third-order valence-corrected chi connectivity index (χ3v) is 5.87. The molecular formula is C22H28N4O5. The van der Waals surface area contributed by atoms with Crippen molar-refractivity contribution in [3.63, 3.8) is 0 Å². The van der Waals surface area contributed by atoms with E-state index in [9.17, 15) is 19.2 Å². The number of carboxylic acid groups (broad SMARTS) is 1. The Bertz CT molecular complexity index is 1040. The smallest absolute Gasteiger partial charge is 0.405 e. The molecule has 0 unspecified atom stereocenters. The van der Waals surface area contributed by atoms with Gasteiger partial charge in [-0.2, -0.15) is 0 Å². The molecule has 1 aliphatic heterocycles. The van der Waals surface area contributed by atoms with Gasteiger partial charge in [-0.25, -0.2) is 4.79 Å². The minimum Gasteiger partial charge on any atom is -0.465 e. The van der Waals surface area contributed by atoms with Crippen molar-refractivity contribution < 1.29 is 19.5 Å². The molecular weight excluding hydrogens is 400 g/mol. The Balaban J connectivity index is 1.58. The Morgan fingerprint density at radius 2 is 1.94 bits per heavy atom. The van der Waals surface area contributed by atoms with Crippen LogP contribution >= 0.6 is 0 Å². The number of piperidine rings is 1. The summed E-state index contributed by atoms with van der Waals surface area (Å²) in [7, 11) is 1.48. The van der Waals surface area contributed by atoms with Crippen molar-refractivity contribution in [2.45, 2.75) is 38.6 Å². The highest BCUT2D eigenvalue weighted by molar-refractivity contribution is 5.86. The lowest BCUT2D eigenvalue weighted by Crippen LogP contribution is -2.47. The van der Waals surface area contributed by atoms with Crippen molar-refractivity contribution in [3.05, 3.63) is 45.7 Å². The molecule has 3 amide bonds. The minimum absolute atomic E-state index is 0.0337. The zero-order valence-electron chi connectivity index (χ0n) is 17.7. The largest absolute Gasteiger partial charge is 0.465 e. The Morgan fingerprint density at radius 1 is 1.23 bits per heavy atom. The first-order chi connectivity index (χ1) is 14.8. The van der Waals surface area contributed by atoms with Gasteiger partial charge in [0.2, 0.25) is 17.4 Å². The number of benzene rings is 1. The molecule has 2 heterocycles. The number of nitrogens with zero attached hydrogens (tertiary/aromatic N) is 1. The first-order valence-electron chi connectivity index (χ1n) is 10.4. The molecule has 4 N–H and O–H groups in total. The second-order valence-corrected chi connectivity index (χ2v) is 8.05. The lowest BCUT2D eigenvalue weighted by atomic mass is 9.89. The molecule has 1 aromatic carbocycles. The topological polar surface area (TPSA) is 132 Å². The summed E-state index contributed by atoms with van der Waals surface area (Å²) in [6.07, 6.45) is 0.907. The molecule has 0 aliphatic carbocycles. The molecule has 1 saturated heterocycles. The van der Waals surface area contributed by atoms with Crippen LogP contribution in [-0.4, -0.2) is 59.1 Å². The molecule has 166 valence electrons. The highest BCUT2D eigenvalue weighted by Crippen LogP contribution is 2.23. The summed E-state index contributed by atoms with van der Waals surface area (Å²) >= 11 is 0. The maximum atomic E-state index is 12.8. The number of hydrogen-bond donors (Lipinski definition) is 4. The van der Waals surface area contributed by atoms with E-state index in [4.69, 9.17) is 5.11 Å². The molecule has 9 heteroatoms. The van der Waals surface area contributed by atoms with E-state index in [0.717, 1.165) is 34.9 Å². The summed E-state index contributed by atoms with van der Waals surface area (Å²) in [5, 5.41) is 14.6. The molecule has 1 atom stereocenters. The normalized spacial score (nSPS) is 15.5. The molecule has 1 aliphatic rings. The van der Waals surface area contributed by atoms with Crippen molar-refractivity contribution in [2.75, 3.05) is 20.1 Å². The van der Waals surface area contributed by atoms with Crippen molar-refractivity contribution in [2.24, 2.45) is 5.92 Å². The first kappa shape index (κ1) is 22.3.